The van der Waals surface area contributed by atoms with E-state index < -0.39 is 0 Å². The summed E-state index contributed by atoms with van der Waals surface area (Å²) < 4.78 is 2.23. The molecule has 0 amide bonds. The monoisotopic (exact) mass is 213 g/mol. The number of nitrogens with zero attached hydrogens (tertiary/aromatic N) is 1. The van der Waals surface area contributed by atoms with E-state index in [1.807, 2.05) is 6.07 Å². The fraction of sp³-hybridized carbons (Fsp3) is 0.357. The van der Waals surface area contributed by atoms with Gasteiger partial charge in [-0.25, -0.2) is 0 Å². The highest BCUT2D eigenvalue weighted by Gasteiger charge is 2.28. The molecule has 2 heteroatoms. The molecule has 2 aromatic rings. The van der Waals surface area contributed by atoms with Crippen LogP contribution in [-0.4, -0.2) is 10.4 Å². The van der Waals surface area contributed by atoms with Crippen molar-refractivity contribution in [2.45, 2.75) is 32.7 Å². The van der Waals surface area contributed by atoms with E-state index in [9.17, 15) is 4.79 Å². The molecular formula is C14H15NO. The molecule has 16 heavy (non-hydrogen) atoms. The molecule has 2 nitrogen and oxygen atoms in total. The molecule has 1 saturated carbocycles. The first-order valence-electron chi connectivity index (χ1n) is 5.80. The summed E-state index contributed by atoms with van der Waals surface area (Å²) in [6.45, 7) is 3.76. The van der Waals surface area contributed by atoms with Gasteiger partial charge in [0.25, 0.3) is 0 Å². The lowest BCUT2D eigenvalue weighted by atomic mass is 10.1. The van der Waals surface area contributed by atoms with Crippen LogP contribution in [0.15, 0.2) is 24.3 Å². The van der Waals surface area contributed by atoms with Crippen LogP contribution in [-0.2, 0) is 0 Å². The fourth-order valence-electron chi connectivity index (χ4n) is 2.40. The Morgan fingerprint density at radius 2 is 2.12 bits per heavy atom. The van der Waals surface area contributed by atoms with Crippen LogP contribution in [0, 0.1) is 6.92 Å². The zero-order valence-electron chi connectivity index (χ0n) is 9.66. The molecule has 0 unspecified atom stereocenters. The maximum absolute atomic E-state index is 11.7. The number of aryl methyl sites for hydroxylation is 1. The molecule has 1 aliphatic rings. The van der Waals surface area contributed by atoms with Gasteiger partial charge in [-0.1, -0.05) is 12.1 Å². The fourth-order valence-corrected chi connectivity index (χ4v) is 2.40. The van der Waals surface area contributed by atoms with Gasteiger partial charge in [0.05, 0.1) is 5.69 Å². The average molecular weight is 213 g/mol. The Balaban J connectivity index is 2.37. The Hall–Kier alpha value is -1.57. The van der Waals surface area contributed by atoms with Crippen molar-refractivity contribution < 1.29 is 4.79 Å². The largest absolute Gasteiger partial charge is 0.335 e. The van der Waals surface area contributed by atoms with E-state index in [4.69, 9.17) is 0 Å². The molecule has 0 atom stereocenters. The van der Waals surface area contributed by atoms with Crippen molar-refractivity contribution in [3.63, 3.8) is 0 Å². The highest BCUT2D eigenvalue weighted by Crippen LogP contribution is 2.40. The minimum atomic E-state index is 0.169. The van der Waals surface area contributed by atoms with Gasteiger partial charge in [0.2, 0.25) is 0 Å². The number of rotatable bonds is 2. The minimum absolute atomic E-state index is 0.169. The Morgan fingerprint density at radius 1 is 1.38 bits per heavy atom. The predicted molar refractivity (Wildman–Crippen MR) is 65.0 cm³/mol. The Kier molecular flexibility index (Phi) is 1.93. The van der Waals surface area contributed by atoms with Crippen molar-refractivity contribution in [1.29, 1.82) is 0 Å². The lowest BCUT2D eigenvalue weighted by molar-refractivity contribution is 0.100. The van der Waals surface area contributed by atoms with Crippen molar-refractivity contribution in [1.82, 2.24) is 4.57 Å². The topological polar surface area (TPSA) is 22.0 Å². The van der Waals surface area contributed by atoms with Crippen LogP contribution in [0.5, 0.6) is 0 Å². The number of aromatic nitrogens is 1. The molecule has 0 bridgehead atoms. The second kappa shape index (κ2) is 3.21. The third-order valence-corrected chi connectivity index (χ3v) is 3.37. The van der Waals surface area contributed by atoms with Gasteiger partial charge in [-0.15, -0.1) is 0 Å². The Bertz CT molecular complexity index is 576. The number of hydrogen-bond acceptors (Lipinski definition) is 1. The first kappa shape index (κ1) is 9.64. The summed E-state index contributed by atoms with van der Waals surface area (Å²) in [6, 6.07) is 8.89. The van der Waals surface area contributed by atoms with E-state index in [2.05, 4.69) is 29.7 Å². The summed E-state index contributed by atoms with van der Waals surface area (Å²) in [7, 11) is 0. The maximum Gasteiger partial charge on any atom is 0.176 e. The third kappa shape index (κ3) is 1.29. The second-order valence-electron chi connectivity index (χ2n) is 4.69. The molecule has 0 radical (unpaired) electrons. The molecule has 1 aliphatic carbocycles. The van der Waals surface area contributed by atoms with Crippen molar-refractivity contribution in [2.75, 3.05) is 0 Å². The van der Waals surface area contributed by atoms with Crippen molar-refractivity contribution in [3.05, 3.63) is 35.5 Å². The van der Waals surface area contributed by atoms with Gasteiger partial charge in [-0.2, -0.15) is 0 Å². The lowest BCUT2D eigenvalue weighted by Crippen LogP contribution is -2.04. The summed E-state index contributed by atoms with van der Waals surface area (Å²) >= 11 is 0. The Labute approximate surface area is 94.9 Å². The molecule has 1 heterocycles. The van der Waals surface area contributed by atoms with Gasteiger partial charge < -0.3 is 4.57 Å². The first-order valence-corrected chi connectivity index (χ1v) is 5.80. The van der Waals surface area contributed by atoms with Gasteiger partial charge in [0.1, 0.15) is 0 Å². The molecule has 1 aromatic carbocycles. The van der Waals surface area contributed by atoms with E-state index in [0.717, 1.165) is 5.69 Å². The molecule has 0 spiro atoms. The minimum Gasteiger partial charge on any atom is -0.335 e. The highest BCUT2D eigenvalue weighted by molar-refractivity contribution is 5.99. The Morgan fingerprint density at radius 3 is 2.75 bits per heavy atom. The van der Waals surface area contributed by atoms with E-state index in [1.54, 1.807) is 6.92 Å². The molecule has 1 aromatic heterocycles. The zero-order valence-corrected chi connectivity index (χ0v) is 9.66. The lowest BCUT2D eigenvalue weighted by Gasteiger charge is -2.06. The number of ketones is 1. The summed E-state index contributed by atoms with van der Waals surface area (Å²) in [4.78, 5) is 11.7. The summed E-state index contributed by atoms with van der Waals surface area (Å²) in [5.41, 5.74) is 3.33. The second-order valence-corrected chi connectivity index (χ2v) is 4.69. The van der Waals surface area contributed by atoms with Gasteiger partial charge in [-0.05, 0) is 37.5 Å². The van der Waals surface area contributed by atoms with Crippen LogP contribution in [0.2, 0.25) is 0 Å². The van der Waals surface area contributed by atoms with Crippen LogP contribution in [0.1, 0.15) is 41.9 Å². The summed E-state index contributed by atoms with van der Waals surface area (Å²) in [5, 5.41) is 1.22. The number of Topliss-reactive ketones (excluding diaryl/α,β-unsaturated/α-hetero) is 1. The van der Waals surface area contributed by atoms with Crippen molar-refractivity contribution in [3.8, 4) is 0 Å². The van der Waals surface area contributed by atoms with E-state index in [-0.39, 0.29) is 5.78 Å². The van der Waals surface area contributed by atoms with Crippen LogP contribution >= 0.6 is 0 Å². The van der Waals surface area contributed by atoms with Crippen molar-refractivity contribution in [2.24, 2.45) is 0 Å². The highest BCUT2D eigenvalue weighted by atomic mass is 16.1. The first-order chi connectivity index (χ1) is 7.68. The average Bonchev–Trinajstić information content (AvgIpc) is 2.99. The van der Waals surface area contributed by atoms with Crippen LogP contribution in [0.4, 0.5) is 0 Å². The molecular weight excluding hydrogens is 198 g/mol. The van der Waals surface area contributed by atoms with E-state index >= 15 is 0 Å². The maximum atomic E-state index is 11.7. The third-order valence-electron chi connectivity index (χ3n) is 3.37. The predicted octanol–water partition coefficient (Wildman–Crippen LogP) is 3.49. The van der Waals surface area contributed by atoms with Crippen molar-refractivity contribution >= 4 is 16.7 Å². The molecule has 1 fully saturated rings. The van der Waals surface area contributed by atoms with Crippen LogP contribution in [0.25, 0.3) is 10.9 Å². The van der Waals surface area contributed by atoms with Gasteiger partial charge >= 0.3 is 0 Å². The molecule has 82 valence electrons. The molecule has 0 aliphatic heterocycles. The van der Waals surface area contributed by atoms with E-state index in [0.29, 0.717) is 6.04 Å². The van der Waals surface area contributed by atoms with Gasteiger partial charge in [0.15, 0.2) is 5.78 Å². The number of carbonyl (C=O) groups is 1. The van der Waals surface area contributed by atoms with Crippen LogP contribution < -0.4 is 0 Å². The number of fused-ring (bicyclic) bond motifs is 1. The molecule has 0 N–H and O–H groups in total. The van der Waals surface area contributed by atoms with Gasteiger partial charge in [-0.3, -0.25) is 4.79 Å². The summed E-state index contributed by atoms with van der Waals surface area (Å²) in [6.07, 6.45) is 2.41. The summed E-state index contributed by atoms with van der Waals surface area (Å²) in [5.74, 6) is 0.169. The standard InChI is InChI=1S/C14H15NO/c1-9-4-3-5-13-12(9)8-14(10(2)16)15(13)11-6-7-11/h3-5,8,11H,6-7H2,1-2H3. The van der Waals surface area contributed by atoms with Crippen LogP contribution in [0.3, 0.4) is 0 Å². The quantitative estimate of drug-likeness (QED) is 0.700. The SMILES string of the molecule is CC(=O)c1cc2c(C)cccc2n1C1CC1. The van der Waals surface area contributed by atoms with E-state index in [1.165, 1.54) is 29.3 Å². The number of benzene rings is 1. The molecule has 3 rings (SSSR count). The normalized spacial score (nSPS) is 15.6. The smallest absolute Gasteiger partial charge is 0.176 e. The number of carbonyl (C=O) groups excluding carboxylic acids is 1. The zero-order chi connectivity index (χ0) is 11.3. The van der Waals surface area contributed by atoms with Gasteiger partial charge in [0, 0.05) is 23.9 Å². The number of hydrogen-bond donors (Lipinski definition) is 0. The molecule has 0 saturated heterocycles.